The third-order valence-corrected chi connectivity index (χ3v) is 2.32. The van der Waals surface area contributed by atoms with E-state index in [1.54, 1.807) is 13.2 Å². The van der Waals surface area contributed by atoms with Crippen molar-refractivity contribution in [3.8, 4) is 11.5 Å². The summed E-state index contributed by atoms with van der Waals surface area (Å²) >= 11 is 0. The maximum absolute atomic E-state index is 10.6. The highest BCUT2D eigenvalue weighted by atomic mass is 16.5. The van der Waals surface area contributed by atoms with Gasteiger partial charge < -0.3 is 20.9 Å². The second-order valence-electron chi connectivity index (χ2n) is 3.76. The lowest BCUT2D eigenvalue weighted by Gasteiger charge is -2.13. The monoisotopic (exact) mass is 238 g/mol. The molecule has 5 nitrogen and oxygen atoms in total. The molecule has 0 saturated heterocycles. The van der Waals surface area contributed by atoms with Crippen molar-refractivity contribution in [1.82, 2.24) is 0 Å². The summed E-state index contributed by atoms with van der Waals surface area (Å²) in [6, 6.07) is 5.40. The van der Waals surface area contributed by atoms with Gasteiger partial charge in [0.2, 0.25) is 5.91 Å². The minimum Gasteiger partial charge on any atom is -0.493 e. The van der Waals surface area contributed by atoms with Crippen LogP contribution in [0.25, 0.3) is 0 Å². The fourth-order valence-corrected chi connectivity index (χ4v) is 1.35. The summed E-state index contributed by atoms with van der Waals surface area (Å²) in [5.74, 6) is 0.790. The van der Waals surface area contributed by atoms with E-state index in [1.165, 1.54) is 0 Å². The molecule has 0 saturated carbocycles. The first kappa shape index (κ1) is 13.3. The van der Waals surface area contributed by atoms with Crippen LogP contribution in [0.2, 0.25) is 0 Å². The Kier molecular flexibility index (Phi) is 4.78. The summed E-state index contributed by atoms with van der Waals surface area (Å²) in [5.41, 5.74) is 11.8. The molecule has 0 aliphatic heterocycles. The summed E-state index contributed by atoms with van der Waals surface area (Å²) in [6.45, 7) is 2.13. The van der Waals surface area contributed by atoms with Crippen LogP contribution in [0.15, 0.2) is 18.2 Å². The molecule has 0 aliphatic carbocycles. The average Bonchev–Trinajstić information content (AvgIpc) is 2.28. The van der Waals surface area contributed by atoms with Crippen LogP contribution < -0.4 is 20.9 Å². The topological polar surface area (TPSA) is 87.6 Å². The van der Waals surface area contributed by atoms with Crippen molar-refractivity contribution in [2.75, 3.05) is 13.7 Å². The standard InChI is InChI=1S/C12H18N2O3/c1-8(13)9-3-4-10(11(7-9)16-2)17-6-5-12(14)15/h3-4,7-8H,5-6,13H2,1-2H3,(H2,14,15). The van der Waals surface area contributed by atoms with Gasteiger partial charge in [0.25, 0.3) is 0 Å². The molecule has 0 bridgehead atoms. The molecule has 0 spiro atoms. The minimum atomic E-state index is -0.392. The molecule has 5 heteroatoms. The molecular weight excluding hydrogens is 220 g/mol. The van der Waals surface area contributed by atoms with Gasteiger partial charge >= 0.3 is 0 Å². The molecule has 1 unspecified atom stereocenters. The Bertz CT molecular complexity index is 391. The van der Waals surface area contributed by atoms with Gasteiger partial charge in [0, 0.05) is 6.04 Å². The fourth-order valence-electron chi connectivity index (χ4n) is 1.35. The van der Waals surface area contributed by atoms with E-state index in [2.05, 4.69) is 0 Å². The first-order valence-electron chi connectivity index (χ1n) is 5.39. The molecule has 17 heavy (non-hydrogen) atoms. The lowest BCUT2D eigenvalue weighted by atomic mass is 10.1. The molecule has 1 aromatic rings. The number of nitrogens with two attached hydrogens (primary N) is 2. The molecule has 0 fully saturated rings. The number of methoxy groups -OCH3 is 1. The zero-order valence-electron chi connectivity index (χ0n) is 10.1. The summed E-state index contributed by atoms with van der Waals surface area (Å²) in [5, 5.41) is 0. The highest BCUT2D eigenvalue weighted by Gasteiger charge is 2.08. The molecule has 1 aromatic carbocycles. The van der Waals surface area contributed by atoms with E-state index < -0.39 is 5.91 Å². The van der Waals surface area contributed by atoms with Crippen LogP contribution in [0.3, 0.4) is 0 Å². The van der Waals surface area contributed by atoms with Gasteiger partial charge in [-0.05, 0) is 24.6 Å². The average molecular weight is 238 g/mol. The van der Waals surface area contributed by atoms with Crippen molar-refractivity contribution in [2.45, 2.75) is 19.4 Å². The number of amides is 1. The van der Waals surface area contributed by atoms with E-state index in [-0.39, 0.29) is 19.1 Å². The molecule has 1 rings (SSSR count). The second kappa shape index (κ2) is 6.10. The van der Waals surface area contributed by atoms with Crippen LogP contribution in [0.4, 0.5) is 0 Å². The number of benzene rings is 1. The van der Waals surface area contributed by atoms with Crippen molar-refractivity contribution in [2.24, 2.45) is 11.5 Å². The Balaban J connectivity index is 2.74. The van der Waals surface area contributed by atoms with E-state index in [4.69, 9.17) is 20.9 Å². The Morgan fingerprint density at radius 3 is 2.65 bits per heavy atom. The fraction of sp³-hybridized carbons (Fsp3) is 0.417. The zero-order chi connectivity index (χ0) is 12.8. The second-order valence-corrected chi connectivity index (χ2v) is 3.76. The summed E-state index contributed by atoms with van der Waals surface area (Å²) in [7, 11) is 1.56. The SMILES string of the molecule is COc1cc(C(C)N)ccc1OCCC(N)=O. The summed E-state index contributed by atoms with van der Waals surface area (Å²) in [6.07, 6.45) is 0.179. The number of carbonyl (C=O) groups excluding carboxylic acids is 1. The van der Waals surface area contributed by atoms with E-state index in [9.17, 15) is 4.79 Å². The minimum absolute atomic E-state index is 0.0661. The van der Waals surface area contributed by atoms with Gasteiger partial charge in [-0.1, -0.05) is 6.07 Å². The Morgan fingerprint density at radius 2 is 2.12 bits per heavy atom. The van der Waals surface area contributed by atoms with E-state index in [0.717, 1.165) is 5.56 Å². The molecule has 1 amide bonds. The highest BCUT2D eigenvalue weighted by molar-refractivity contribution is 5.73. The summed E-state index contributed by atoms with van der Waals surface area (Å²) < 4.78 is 10.6. The van der Waals surface area contributed by atoms with Crippen LogP contribution in [-0.2, 0) is 4.79 Å². The largest absolute Gasteiger partial charge is 0.493 e. The normalized spacial score (nSPS) is 11.9. The van der Waals surface area contributed by atoms with Crippen molar-refractivity contribution < 1.29 is 14.3 Å². The van der Waals surface area contributed by atoms with Crippen LogP contribution in [0, 0.1) is 0 Å². The molecule has 94 valence electrons. The van der Waals surface area contributed by atoms with Gasteiger partial charge in [0.1, 0.15) is 0 Å². The zero-order valence-corrected chi connectivity index (χ0v) is 10.1. The molecule has 4 N–H and O–H groups in total. The predicted octanol–water partition coefficient (Wildman–Crippen LogP) is 0.969. The molecular formula is C12H18N2O3. The Morgan fingerprint density at radius 1 is 1.41 bits per heavy atom. The van der Waals surface area contributed by atoms with Gasteiger partial charge in [0.15, 0.2) is 11.5 Å². The number of hydrogen-bond acceptors (Lipinski definition) is 4. The van der Waals surface area contributed by atoms with Crippen molar-refractivity contribution in [3.63, 3.8) is 0 Å². The number of hydrogen-bond donors (Lipinski definition) is 2. The van der Waals surface area contributed by atoms with Crippen molar-refractivity contribution in [3.05, 3.63) is 23.8 Å². The van der Waals surface area contributed by atoms with E-state index >= 15 is 0 Å². The van der Waals surface area contributed by atoms with Crippen LogP contribution in [-0.4, -0.2) is 19.6 Å². The third kappa shape index (κ3) is 3.96. The van der Waals surface area contributed by atoms with E-state index in [1.807, 2.05) is 19.1 Å². The van der Waals surface area contributed by atoms with Crippen LogP contribution >= 0.6 is 0 Å². The quantitative estimate of drug-likeness (QED) is 0.773. The number of rotatable bonds is 6. The number of carbonyl (C=O) groups is 1. The first-order valence-corrected chi connectivity index (χ1v) is 5.39. The Hall–Kier alpha value is -1.75. The summed E-state index contributed by atoms with van der Waals surface area (Å²) in [4.78, 5) is 10.6. The highest BCUT2D eigenvalue weighted by Crippen LogP contribution is 2.29. The van der Waals surface area contributed by atoms with Gasteiger partial charge in [-0.3, -0.25) is 4.79 Å². The molecule has 0 heterocycles. The van der Waals surface area contributed by atoms with Crippen LogP contribution in [0.5, 0.6) is 11.5 Å². The lowest BCUT2D eigenvalue weighted by molar-refractivity contribution is -0.118. The van der Waals surface area contributed by atoms with Crippen LogP contribution in [0.1, 0.15) is 24.9 Å². The smallest absolute Gasteiger partial charge is 0.220 e. The Labute approximate surface area is 101 Å². The first-order chi connectivity index (χ1) is 8.04. The van der Waals surface area contributed by atoms with Crippen molar-refractivity contribution >= 4 is 5.91 Å². The van der Waals surface area contributed by atoms with Gasteiger partial charge in [-0.2, -0.15) is 0 Å². The van der Waals surface area contributed by atoms with Crippen molar-refractivity contribution in [1.29, 1.82) is 0 Å². The molecule has 1 atom stereocenters. The maximum Gasteiger partial charge on any atom is 0.220 e. The van der Waals surface area contributed by atoms with Gasteiger partial charge in [0.05, 0.1) is 20.1 Å². The van der Waals surface area contributed by atoms with E-state index in [0.29, 0.717) is 11.5 Å². The molecule has 0 radical (unpaired) electrons. The number of primary amides is 1. The molecule has 0 aliphatic rings. The molecule has 0 aromatic heterocycles. The predicted molar refractivity (Wildman–Crippen MR) is 64.9 cm³/mol. The van der Waals surface area contributed by atoms with Gasteiger partial charge in [-0.25, -0.2) is 0 Å². The lowest BCUT2D eigenvalue weighted by Crippen LogP contribution is -2.14. The van der Waals surface area contributed by atoms with Gasteiger partial charge in [-0.15, -0.1) is 0 Å². The number of ether oxygens (including phenoxy) is 2. The maximum atomic E-state index is 10.6. The third-order valence-electron chi connectivity index (χ3n) is 2.32.